The quantitative estimate of drug-likeness (QED) is 0.621. The molecule has 1 aromatic carbocycles. The van der Waals surface area contributed by atoms with Crippen LogP contribution in [-0.2, 0) is 4.79 Å². The van der Waals surface area contributed by atoms with E-state index in [2.05, 4.69) is 5.32 Å². The molecule has 1 rings (SSSR count). The van der Waals surface area contributed by atoms with E-state index in [0.717, 1.165) is 18.2 Å². The van der Waals surface area contributed by atoms with Crippen molar-refractivity contribution in [3.8, 4) is 0 Å². The van der Waals surface area contributed by atoms with Crippen LogP contribution in [0.4, 0.5) is 15.8 Å². The first-order valence-corrected chi connectivity index (χ1v) is 5.32. The van der Waals surface area contributed by atoms with Crippen molar-refractivity contribution in [2.24, 2.45) is 0 Å². The number of benzene rings is 1. The van der Waals surface area contributed by atoms with Crippen molar-refractivity contribution in [1.29, 1.82) is 0 Å². The lowest BCUT2D eigenvalue weighted by atomic mass is 10.2. The number of nitrogens with zero attached hydrogens (tertiary/aromatic N) is 1. The predicted octanol–water partition coefficient (Wildman–Crippen LogP) is 1.83. The predicted molar refractivity (Wildman–Crippen MR) is 62.6 cm³/mol. The highest BCUT2D eigenvalue weighted by Crippen LogP contribution is 2.25. The Morgan fingerprint density at radius 2 is 2.28 bits per heavy atom. The number of aliphatic hydroxyl groups excluding tert-OH is 1. The van der Waals surface area contributed by atoms with Crippen LogP contribution < -0.4 is 5.32 Å². The van der Waals surface area contributed by atoms with Gasteiger partial charge in [0.2, 0.25) is 5.91 Å². The number of nitro benzene ring substituents is 1. The van der Waals surface area contributed by atoms with Crippen molar-refractivity contribution in [3.05, 3.63) is 34.1 Å². The summed E-state index contributed by atoms with van der Waals surface area (Å²) in [5, 5.41) is 22.0. The largest absolute Gasteiger partial charge is 0.393 e. The normalized spacial score (nSPS) is 11.9. The molecular formula is C11H13FN2O4. The molecule has 1 unspecified atom stereocenters. The number of carbonyl (C=O) groups is 1. The van der Waals surface area contributed by atoms with Crippen molar-refractivity contribution in [2.75, 3.05) is 5.32 Å². The Balaban J connectivity index is 2.78. The highest BCUT2D eigenvalue weighted by Gasteiger charge is 2.16. The topological polar surface area (TPSA) is 92.5 Å². The van der Waals surface area contributed by atoms with E-state index in [1.807, 2.05) is 0 Å². The fraction of sp³-hybridized carbons (Fsp3) is 0.364. The van der Waals surface area contributed by atoms with Crippen molar-refractivity contribution in [3.63, 3.8) is 0 Å². The summed E-state index contributed by atoms with van der Waals surface area (Å²) < 4.78 is 12.8. The summed E-state index contributed by atoms with van der Waals surface area (Å²) in [5.41, 5.74) is -0.558. The Morgan fingerprint density at radius 3 is 2.83 bits per heavy atom. The molecule has 1 aromatic rings. The highest BCUT2D eigenvalue weighted by molar-refractivity contribution is 5.93. The Kier molecular flexibility index (Phi) is 4.73. The summed E-state index contributed by atoms with van der Waals surface area (Å²) in [4.78, 5) is 21.3. The Hall–Kier alpha value is -2.02. The van der Waals surface area contributed by atoms with Crippen LogP contribution in [0.3, 0.4) is 0 Å². The molecular weight excluding hydrogens is 243 g/mol. The summed E-state index contributed by atoms with van der Waals surface area (Å²) in [5.74, 6) is -1.21. The third-order valence-electron chi connectivity index (χ3n) is 2.22. The van der Waals surface area contributed by atoms with Gasteiger partial charge in [-0.25, -0.2) is 4.39 Å². The minimum absolute atomic E-state index is 0.0339. The number of halogens is 1. The van der Waals surface area contributed by atoms with Crippen LogP contribution in [0.5, 0.6) is 0 Å². The summed E-state index contributed by atoms with van der Waals surface area (Å²) in [6, 6.07) is 2.90. The zero-order valence-corrected chi connectivity index (χ0v) is 9.72. The van der Waals surface area contributed by atoms with Gasteiger partial charge in [0.25, 0.3) is 5.69 Å². The molecule has 0 aromatic heterocycles. The first kappa shape index (κ1) is 14.0. The van der Waals surface area contributed by atoms with Crippen LogP contribution >= 0.6 is 0 Å². The number of nitrogens with one attached hydrogen (secondary N) is 1. The van der Waals surface area contributed by atoms with Gasteiger partial charge < -0.3 is 10.4 Å². The van der Waals surface area contributed by atoms with E-state index >= 15 is 0 Å². The second-order valence-corrected chi connectivity index (χ2v) is 3.85. The van der Waals surface area contributed by atoms with Gasteiger partial charge in [0, 0.05) is 6.42 Å². The molecule has 0 fully saturated rings. The second kappa shape index (κ2) is 6.06. The molecule has 0 bridgehead atoms. The van der Waals surface area contributed by atoms with Crippen LogP contribution in [0.25, 0.3) is 0 Å². The molecule has 0 aliphatic heterocycles. The second-order valence-electron chi connectivity index (χ2n) is 3.85. The lowest BCUT2D eigenvalue weighted by molar-refractivity contribution is -0.384. The summed E-state index contributed by atoms with van der Waals surface area (Å²) in [6.07, 6.45) is -0.341. The van der Waals surface area contributed by atoms with Crippen LogP contribution in [0.15, 0.2) is 18.2 Å². The fourth-order valence-electron chi connectivity index (χ4n) is 1.31. The Bertz CT molecular complexity index is 462. The zero-order chi connectivity index (χ0) is 13.7. The summed E-state index contributed by atoms with van der Waals surface area (Å²) >= 11 is 0. The first-order chi connectivity index (χ1) is 8.40. The molecule has 0 saturated carbocycles. The number of nitro groups is 1. The van der Waals surface area contributed by atoms with Crippen molar-refractivity contribution in [1.82, 2.24) is 0 Å². The molecule has 0 radical (unpaired) electrons. The molecule has 1 amide bonds. The van der Waals surface area contributed by atoms with Gasteiger partial charge in [0.15, 0.2) is 0 Å². The van der Waals surface area contributed by atoms with Gasteiger partial charge >= 0.3 is 0 Å². The highest BCUT2D eigenvalue weighted by atomic mass is 19.1. The maximum atomic E-state index is 12.8. The average Bonchev–Trinajstić information content (AvgIpc) is 2.28. The fourth-order valence-corrected chi connectivity index (χ4v) is 1.31. The number of anilines is 1. The number of aliphatic hydroxyl groups is 1. The number of rotatable bonds is 5. The molecule has 0 aliphatic rings. The lowest BCUT2D eigenvalue weighted by Gasteiger charge is -2.07. The van der Waals surface area contributed by atoms with E-state index in [4.69, 9.17) is 5.11 Å². The van der Waals surface area contributed by atoms with E-state index < -0.39 is 28.4 Å². The van der Waals surface area contributed by atoms with Crippen LogP contribution in [-0.4, -0.2) is 22.0 Å². The number of amides is 1. The molecule has 6 nitrogen and oxygen atoms in total. The standard InChI is InChI=1S/C11H13FN2O4/c1-7(15)2-5-11(16)13-9-4-3-8(12)6-10(9)14(17)18/h3-4,6-7,15H,2,5H2,1H3,(H,13,16). The zero-order valence-electron chi connectivity index (χ0n) is 9.72. The van der Waals surface area contributed by atoms with E-state index in [1.165, 1.54) is 6.92 Å². The van der Waals surface area contributed by atoms with E-state index in [0.29, 0.717) is 0 Å². The van der Waals surface area contributed by atoms with Gasteiger partial charge in [0.05, 0.1) is 17.1 Å². The van der Waals surface area contributed by atoms with Crippen LogP contribution in [0, 0.1) is 15.9 Å². The van der Waals surface area contributed by atoms with Gasteiger partial charge in [-0.2, -0.15) is 0 Å². The Labute approximate surface area is 103 Å². The van der Waals surface area contributed by atoms with Gasteiger partial charge in [-0.15, -0.1) is 0 Å². The maximum Gasteiger partial charge on any atom is 0.295 e. The van der Waals surface area contributed by atoms with Gasteiger partial charge in [-0.05, 0) is 25.5 Å². The van der Waals surface area contributed by atoms with Crippen molar-refractivity contribution < 1.29 is 19.2 Å². The molecule has 98 valence electrons. The maximum absolute atomic E-state index is 12.8. The van der Waals surface area contributed by atoms with Gasteiger partial charge in [-0.1, -0.05) is 0 Å². The Morgan fingerprint density at radius 1 is 1.61 bits per heavy atom. The lowest BCUT2D eigenvalue weighted by Crippen LogP contribution is -2.15. The summed E-state index contributed by atoms with van der Waals surface area (Å²) in [7, 11) is 0. The van der Waals surface area contributed by atoms with E-state index in [-0.39, 0.29) is 18.5 Å². The van der Waals surface area contributed by atoms with Crippen molar-refractivity contribution >= 4 is 17.3 Å². The molecule has 1 atom stereocenters. The number of hydrogen-bond acceptors (Lipinski definition) is 4. The molecule has 0 heterocycles. The van der Waals surface area contributed by atoms with Crippen molar-refractivity contribution in [2.45, 2.75) is 25.9 Å². The van der Waals surface area contributed by atoms with Crippen LogP contribution in [0.1, 0.15) is 19.8 Å². The minimum atomic E-state index is -0.770. The SMILES string of the molecule is CC(O)CCC(=O)Nc1ccc(F)cc1[N+](=O)[O-]. The van der Waals surface area contributed by atoms with Gasteiger partial charge in [0.1, 0.15) is 11.5 Å². The minimum Gasteiger partial charge on any atom is -0.393 e. The third kappa shape index (κ3) is 4.10. The number of carbonyl (C=O) groups excluding carboxylic acids is 1. The van der Waals surface area contributed by atoms with E-state index in [9.17, 15) is 19.3 Å². The smallest absolute Gasteiger partial charge is 0.295 e. The monoisotopic (exact) mass is 256 g/mol. The molecule has 7 heteroatoms. The molecule has 0 spiro atoms. The summed E-state index contributed by atoms with van der Waals surface area (Å²) in [6.45, 7) is 1.54. The average molecular weight is 256 g/mol. The van der Waals surface area contributed by atoms with Gasteiger partial charge in [-0.3, -0.25) is 14.9 Å². The molecule has 0 aliphatic carbocycles. The van der Waals surface area contributed by atoms with E-state index in [1.54, 1.807) is 0 Å². The van der Waals surface area contributed by atoms with Crippen LogP contribution in [0.2, 0.25) is 0 Å². The number of hydrogen-bond donors (Lipinski definition) is 2. The first-order valence-electron chi connectivity index (χ1n) is 5.32. The third-order valence-corrected chi connectivity index (χ3v) is 2.22. The molecule has 18 heavy (non-hydrogen) atoms. The molecule has 2 N–H and O–H groups in total. The molecule has 0 saturated heterocycles.